The number of halogens is 2. The van der Waals surface area contributed by atoms with E-state index in [-0.39, 0.29) is 0 Å². The molecule has 1 heterocycles. The Kier molecular flexibility index (Phi) is 6.25. The minimum atomic E-state index is -0.396. The molecular formula is C12H14Cl2N4O2S. The molecule has 21 heavy (non-hydrogen) atoms. The summed E-state index contributed by atoms with van der Waals surface area (Å²) in [5.41, 5.74) is 0.968. The standard InChI is InChI=1S/C12H14Cl2N4O2S/c1-19-11(20-2)6-18-12(15-16-17-18)21-7-8-3-4-9(13)5-10(8)14/h3-5,11H,6-7H2,1-2H3. The molecule has 0 aliphatic rings. The summed E-state index contributed by atoms with van der Waals surface area (Å²) in [7, 11) is 3.14. The predicted molar refractivity (Wildman–Crippen MR) is 81.6 cm³/mol. The van der Waals surface area contributed by atoms with Crippen molar-refractivity contribution >= 4 is 35.0 Å². The predicted octanol–water partition coefficient (Wildman–Crippen LogP) is 2.89. The van der Waals surface area contributed by atoms with E-state index < -0.39 is 6.29 Å². The maximum Gasteiger partial charge on any atom is 0.209 e. The van der Waals surface area contributed by atoms with Gasteiger partial charge in [0.1, 0.15) is 0 Å². The van der Waals surface area contributed by atoms with E-state index in [1.807, 2.05) is 6.07 Å². The van der Waals surface area contributed by atoms with Gasteiger partial charge in [-0.1, -0.05) is 41.0 Å². The number of benzene rings is 1. The second kappa shape index (κ2) is 7.95. The van der Waals surface area contributed by atoms with Crippen molar-refractivity contribution in [2.24, 2.45) is 0 Å². The summed E-state index contributed by atoms with van der Waals surface area (Å²) >= 11 is 13.5. The highest BCUT2D eigenvalue weighted by atomic mass is 35.5. The minimum Gasteiger partial charge on any atom is -0.354 e. The van der Waals surface area contributed by atoms with Crippen LogP contribution in [-0.4, -0.2) is 40.7 Å². The Morgan fingerprint density at radius 3 is 2.71 bits per heavy atom. The topological polar surface area (TPSA) is 62.1 Å². The first-order valence-corrected chi connectivity index (χ1v) is 7.76. The molecule has 0 fully saturated rings. The van der Waals surface area contributed by atoms with Crippen LogP contribution < -0.4 is 0 Å². The minimum absolute atomic E-state index is 0.396. The number of methoxy groups -OCH3 is 2. The third-order valence-corrected chi connectivity index (χ3v) is 4.31. The summed E-state index contributed by atoms with van der Waals surface area (Å²) in [4.78, 5) is 0. The number of rotatable bonds is 7. The highest BCUT2D eigenvalue weighted by molar-refractivity contribution is 7.98. The van der Waals surface area contributed by atoms with Crippen LogP contribution in [0.4, 0.5) is 0 Å². The number of ether oxygens (including phenoxy) is 2. The van der Waals surface area contributed by atoms with Gasteiger partial charge in [-0.2, -0.15) is 0 Å². The van der Waals surface area contributed by atoms with E-state index in [0.717, 1.165) is 5.56 Å². The number of aromatic nitrogens is 4. The smallest absolute Gasteiger partial charge is 0.209 e. The average Bonchev–Trinajstić information content (AvgIpc) is 2.91. The molecule has 0 amide bonds. The lowest BCUT2D eigenvalue weighted by Gasteiger charge is -2.13. The Bertz CT molecular complexity index is 592. The molecule has 2 aromatic rings. The van der Waals surface area contributed by atoms with Crippen molar-refractivity contribution in [3.63, 3.8) is 0 Å². The van der Waals surface area contributed by atoms with Crippen LogP contribution in [0.5, 0.6) is 0 Å². The lowest BCUT2D eigenvalue weighted by molar-refractivity contribution is -0.113. The quantitative estimate of drug-likeness (QED) is 0.566. The maximum absolute atomic E-state index is 6.14. The maximum atomic E-state index is 6.14. The molecular weight excluding hydrogens is 335 g/mol. The lowest BCUT2D eigenvalue weighted by Crippen LogP contribution is -2.21. The Balaban J connectivity index is 2.02. The summed E-state index contributed by atoms with van der Waals surface area (Å²) in [6.07, 6.45) is -0.396. The molecule has 9 heteroatoms. The van der Waals surface area contributed by atoms with Gasteiger partial charge in [0.25, 0.3) is 0 Å². The zero-order chi connectivity index (χ0) is 15.2. The number of tetrazole rings is 1. The molecule has 6 nitrogen and oxygen atoms in total. The van der Waals surface area contributed by atoms with Crippen molar-refractivity contribution in [2.75, 3.05) is 14.2 Å². The molecule has 0 saturated carbocycles. The van der Waals surface area contributed by atoms with Gasteiger partial charge in [-0.3, -0.25) is 0 Å². The van der Waals surface area contributed by atoms with Crippen LogP contribution in [0.3, 0.4) is 0 Å². The molecule has 114 valence electrons. The van der Waals surface area contributed by atoms with Crippen molar-refractivity contribution in [3.05, 3.63) is 33.8 Å². The summed E-state index contributed by atoms with van der Waals surface area (Å²) in [6, 6.07) is 5.41. The molecule has 0 radical (unpaired) electrons. The lowest BCUT2D eigenvalue weighted by atomic mass is 10.2. The number of thioether (sulfide) groups is 1. The SMILES string of the molecule is COC(Cn1nnnc1SCc1ccc(Cl)cc1Cl)OC. The fourth-order valence-electron chi connectivity index (χ4n) is 1.58. The molecule has 0 unspecified atom stereocenters. The second-order valence-corrected chi connectivity index (χ2v) is 5.86. The Labute approximate surface area is 136 Å². The average molecular weight is 349 g/mol. The molecule has 0 aliphatic carbocycles. The van der Waals surface area contributed by atoms with Crippen LogP contribution >= 0.6 is 35.0 Å². The first-order chi connectivity index (χ1) is 10.1. The van der Waals surface area contributed by atoms with Crippen LogP contribution in [0.25, 0.3) is 0 Å². The van der Waals surface area contributed by atoms with E-state index in [4.69, 9.17) is 32.7 Å². The van der Waals surface area contributed by atoms with Gasteiger partial charge >= 0.3 is 0 Å². The van der Waals surface area contributed by atoms with Crippen LogP contribution in [-0.2, 0) is 21.8 Å². The molecule has 0 atom stereocenters. The molecule has 0 spiro atoms. The van der Waals surface area contributed by atoms with E-state index >= 15 is 0 Å². The van der Waals surface area contributed by atoms with Crippen LogP contribution in [0.2, 0.25) is 10.0 Å². The van der Waals surface area contributed by atoms with Gasteiger partial charge in [-0.15, -0.1) is 5.10 Å². The fourth-order valence-corrected chi connectivity index (χ4v) is 3.03. The summed E-state index contributed by atoms with van der Waals surface area (Å²) in [5, 5.41) is 13.5. The molecule has 1 aromatic heterocycles. The van der Waals surface area contributed by atoms with Crippen molar-refractivity contribution < 1.29 is 9.47 Å². The molecule has 0 bridgehead atoms. The van der Waals surface area contributed by atoms with Crippen molar-refractivity contribution in [1.29, 1.82) is 0 Å². The molecule has 0 aliphatic heterocycles. The molecule has 1 aromatic carbocycles. The van der Waals surface area contributed by atoms with Gasteiger partial charge in [-0.25, -0.2) is 4.68 Å². The van der Waals surface area contributed by atoms with Gasteiger partial charge in [-0.05, 0) is 28.1 Å². The fraction of sp³-hybridized carbons (Fsp3) is 0.417. The highest BCUT2D eigenvalue weighted by Gasteiger charge is 2.13. The van der Waals surface area contributed by atoms with E-state index in [1.165, 1.54) is 11.8 Å². The van der Waals surface area contributed by atoms with E-state index in [0.29, 0.717) is 27.5 Å². The third kappa shape index (κ3) is 4.55. The zero-order valence-electron chi connectivity index (χ0n) is 11.5. The van der Waals surface area contributed by atoms with Gasteiger partial charge < -0.3 is 9.47 Å². The van der Waals surface area contributed by atoms with Crippen LogP contribution in [0.15, 0.2) is 23.4 Å². The summed E-state index contributed by atoms with van der Waals surface area (Å²) in [6.45, 7) is 0.413. The van der Waals surface area contributed by atoms with Gasteiger partial charge in [0, 0.05) is 30.0 Å². The molecule has 2 rings (SSSR count). The zero-order valence-corrected chi connectivity index (χ0v) is 13.8. The monoisotopic (exact) mass is 348 g/mol. The number of nitrogens with zero attached hydrogens (tertiary/aromatic N) is 4. The largest absolute Gasteiger partial charge is 0.354 e. The van der Waals surface area contributed by atoms with Crippen molar-refractivity contribution in [1.82, 2.24) is 20.2 Å². The van der Waals surface area contributed by atoms with E-state index in [9.17, 15) is 0 Å². The summed E-state index contributed by atoms with van der Waals surface area (Å²) in [5.74, 6) is 0.640. The summed E-state index contributed by atoms with van der Waals surface area (Å²) < 4.78 is 11.9. The molecule has 0 N–H and O–H groups in total. The van der Waals surface area contributed by atoms with E-state index in [2.05, 4.69) is 15.5 Å². The van der Waals surface area contributed by atoms with Crippen LogP contribution in [0.1, 0.15) is 5.56 Å². The molecule has 0 saturated heterocycles. The van der Waals surface area contributed by atoms with Crippen molar-refractivity contribution in [2.45, 2.75) is 23.7 Å². The highest BCUT2D eigenvalue weighted by Crippen LogP contribution is 2.27. The van der Waals surface area contributed by atoms with Crippen molar-refractivity contribution in [3.8, 4) is 0 Å². The first kappa shape index (κ1) is 16.5. The second-order valence-electron chi connectivity index (χ2n) is 4.07. The Morgan fingerprint density at radius 1 is 1.29 bits per heavy atom. The van der Waals surface area contributed by atoms with E-state index in [1.54, 1.807) is 31.0 Å². The number of hydrogen-bond donors (Lipinski definition) is 0. The number of hydrogen-bond acceptors (Lipinski definition) is 6. The first-order valence-electron chi connectivity index (χ1n) is 6.02. The van der Waals surface area contributed by atoms with Crippen LogP contribution in [0, 0.1) is 0 Å². The van der Waals surface area contributed by atoms with Gasteiger partial charge in [0.15, 0.2) is 6.29 Å². The third-order valence-electron chi connectivity index (χ3n) is 2.72. The normalized spacial score (nSPS) is 11.3. The Morgan fingerprint density at radius 2 is 2.05 bits per heavy atom. The van der Waals surface area contributed by atoms with Gasteiger partial charge in [0.2, 0.25) is 5.16 Å². The Hall–Kier alpha value is -0.860. The van der Waals surface area contributed by atoms with Gasteiger partial charge in [0.05, 0.1) is 6.54 Å².